The number of ether oxygens (including phenoxy) is 1. The number of carbonyl (C=O) groups is 2. The van der Waals surface area contributed by atoms with E-state index in [4.69, 9.17) is 4.74 Å². The molecule has 2 rings (SSSR count). The molecule has 1 aromatic rings. The molecule has 0 unspecified atom stereocenters. The molecule has 0 aromatic heterocycles. The number of nitrogens with zero attached hydrogens (tertiary/aromatic N) is 1. The molecular weight excluding hydrogens is 270 g/mol. The maximum atomic E-state index is 13.1. The number of fused-ring (bicyclic) bond motifs is 1. The molecule has 108 valence electrons. The molecule has 0 bridgehead atoms. The Kier molecular flexibility index (Phi) is 4.41. The van der Waals surface area contributed by atoms with Crippen LogP contribution < -0.4 is 5.32 Å². The summed E-state index contributed by atoms with van der Waals surface area (Å²) in [5, 5.41) is 2.98. The topological polar surface area (TPSA) is 58.6 Å². The summed E-state index contributed by atoms with van der Waals surface area (Å²) in [6.45, 7) is 1.63. The van der Waals surface area contributed by atoms with Gasteiger partial charge in [-0.25, -0.2) is 8.78 Å². The first-order chi connectivity index (χ1) is 9.56. The van der Waals surface area contributed by atoms with E-state index < -0.39 is 23.4 Å². The third-order valence-corrected chi connectivity index (χ3v) is 3.01. The van der Waals surface area contributed by atoms with Crippen LogP contribution in [0.4, 0.5) is 8.78 Å². The minimum atomic E-state index is -1.13. The highest BCUT2D eigenvalue weighted by Gasteiger charge is 2.36. The molecule has 0 aliphatic carbocycles. The summed E-state index contributed by atoms with van der Waals surface area (Å²) < 4.78 is 31.1. The number of hydrogen-bond donors (Lipinski definition) is 1. The summed E-state index contributed by atoms with van der Waals surface area (Å²) in [6, 6.07) is 1.53. The molecule has 5 nitrogen and oxygen atoms in total. The van der Waals surface area contributed by atoms with Crippen molar-refractivity contribution in [2.24, 2.45) is 0 Å². The smallest absolute Gasteiger partial charge is 0.261 e. The molecule has 0 saturated carbocycles. The van der Waals surface area contributed by atoms with Gasteiger partial charge in [0.2, 0.25) is 0 Å². The number of hydrogen-bond acceptors (Lipinski definition) is 4. The van der Waals surface area contributed by atoms with E-state index >= 15 is 0 Å². The van der Waals surface area contributed by atoms with Crippen molar-refractivity contribution in [1.29, 1.82) is 0 Å². The van der Waals surface area contributed by atoms with Gasteiger partial charge in [-0.15, -0.1) is 0 Å². The quantitative estimate of drug-likeness (QED) is 0.620. The molecule has 7 heteroatoms. The molecule has 0 spiro atoms. The van der Waals surface area contributed by atoms with Crippen molar-refractivity contribution < 1.29 is 23.1 Å². The summed E-state index contributed by atoms with van der Waals surface area (Å²) in [4.78, 5) is 24.9. The van der Waals surface area contributed by atoms with Gasteiger partial charge in [0.05, 0.1) is 17.7 Å². The largest absolute Gasteiger partial charge is 0.383 e. The predicted molar refractivity (Wildman–Crippen MR) is 66.5 cm³/mol. The van der Waals surface area contributed by atoms with Gasteiger partial charge >= 0.3 is 0 Å². The summed E-state index contributed by atoms with van der Waals surface area (Å²) in [5.41, 5.74) is -0.184. The number of imide groups is 1. The van der Waals surface area contributed by atoms with Crippen molar-refractivity contribution in [3.05, 3.63) is 34.9 Å². The first kappa shape index (κ1) is 14.5. The van der Waals surface area contributed by atoms with Crippen molar-refractivity contribution in [1.82, 2.24) is 10.2 Å². The SMILES string of the molecule is COCCNCCN1C(=O)c2cc(F)c(F)cc2C1=O. The zero-order valence-electron chi connectivity index (χ0n) is 10.9. The second-order valence-corrected chi connectivity index (χ2v) is 4.32. The first-order valence-electron chi connectivity index (χ1n) is 6.11. The normalized spacial score (nSPS) is 14.1. The van der Waals surface area contributed by atoms with Gasteiger partial charge in [0.1, 0.15) is 0 Å². The van der Waals surface area contributed by atoms with Crippen LogP contribution in [0.3, 0.4) is 0 Å². The van der Waals surface area contributed by atoms with Gasteiger partial charge in [-0.2, -0.15) is 0 Å². The second kappa shape index (κ2) is 6.06. The highest BCUT2D eigenvalue weighted by molar-refractivity contribution is 6.21. The molecule has 1 aromatic carbocycles. The van der Waals surface area contributed by atoms with Gasteiger partial charge in [-0.05, 0) is 12.1 Å². The third-order valence-electron chi connectivity index (χ3n) is 3.01. The molecule has 0 fully saturated rings. The monoisotopic (exact) mass is 284 g/mol. The molecule has 2 amide bonds. The Labute approximate surface area is 114 Å². The van der Waals surface area contributed by atoms with Crippen LogP contribution in [0.25, 0.3) is 0 Å². The van der Waals surface area contributed by atoms with Crippen molar-refractivity contribution in [2.75, 3.05) is 33.4 Å². The van der Waals surface area contributed by atoms with Crippen LogP contribution in [0.5, 0.6) is 0 Å². The zero-order valence-corrected chi connectivity index (χ0v) is 10.9. The van der Waals surface area contributed by atoms with Crippen molar-refractivity contribution in [2.45, 2.75) is 0 Å². The lowest BCUT2D eigenvalue weighted by molar-refractivity contribution is 0.0655. The minimum absolute atomic E-state index is 0.0919. The summed E-state index contributed by atoms with van der Waals surface area (Å²) in [7, 11) is 1.56. The molecule has 0 radical (unpaired) electrons. The minimum Gasteiger partial charge on any atom is -0.383 e. The maximum absolute atomic E-state index is 13.1. The average molecular weight is 284 g/mol. The van der Waals surface area contributed by atoms with Crippen LogP contribution in [-0.4, -0.2) is 50.1 Å². The summed E-state index contributed by atoms with van der Waals surface area (Å²) >= 11 is 0. The summed E-state index contributed by atoms with van der Waals surface area (Å²) in [6.07, 6.45) is 0. The van der Waals surface area contributed by atoms with Gasteiger partial charge in [0, 0.05) is 26.7 Å². The van der Waals surface area contributed by atoms with Crippen LogP contribution >= 0.6 is 0 Å². The Bertz CT molecular complexity index is 508. The molecule has 1 N–H and O–H groups in total. The molecule has 20 heavy (non-hydrogen) atoms. The zero-order chi connectivity index (χ0) is 14.7. The highest BCUT2D eigenvalue weighted by Crippen LogP contribution is 2.24. The Balaban J connectivity index is 2.04. The number of benzene rings is 1. The number of methoxy groups -OCH3 is 1. The number of nitrogens with one attached hydrogen (secondary N) is 1. The lowest BCUT2D eigenvalue weighted by atomic mass is 10.1. The van der Waals surface area contributed by atoms with E-state index in [1.165, 1.54) is 0 Å². The van der Waals surface area contributed by atoms with E-state index in [9.17, 15) is 18.4 Å². The number of carbonyl (C=O) groups excluding carboxylic acids is 2. The van der Waals surface area contributed by atoms with Crippen molar-refractivity contribution in [3.63, 3.8) is 0 Å². The van der Waals surface area contributed by atoms with Crippen LogP contribution in [0.2, 0.25) is 0 Å². The number of amides is 2. The van der Waals surface area contributed by atoms with E-state index in [2.05, 4.69) is 5.32 Å². The fraction of sp³-hybridized carbons (Fsp3) is 0.385. The van der Waals surface area contributed by atoms with Crippen molar-refractivity contribution in [3.8, 4) is 0 Å². The first-order valence-corrected chi connectivity index (χ1v) is 6.11. The Hall–Kier alpha value is -1.86. The second-order valence-electron chi connectivity index (χ2n) is 4.32. The van der Waals surface area contributed by atoms with Gasteiger partial charge in [-0.1, -0.05) is 0 Å². The molecule has 1 heterocycles. The van der Waals surface area contributed by atoms with E-state index in [1.807, 2.05) is 0 Å². The molecule has 0 atom stereocenters. The van der Waals surface area contributed by atoms with Crippen LogP contribution in [0.1, 0.15) is 20.7 Å². The van der Waals surface area contributed by atoms with Gasteiger partial charge in [-0.3, -0.25) is 14.5 Å². The lowest BCUT2D eigenvalue weighted by Gasteiger charge is -2.13. The molecule has 1 aliphatic rings. The van der Waals surface area contributed by atoms with E-state index in [0.717, 1.165) is 17.0 Å². The standard InChI is InChI=1S/C13H14F2N2O3/c1-20-5-3-16-2-4-17-12(18)8-6-10(14)11(15)7-9(8)13(17)19/h6-7,16H,2-5H2,1H3. The molecule has 0 saturated heterocycles. The van der Waals surface area contributed by atoms with Crippen LogP contribution in [-0.2, 0) is 4.74 Å². The van der Waals surface area contributed by atoms with Crippen LogP contribution in [0.15, 0.2) is 12.1 Å². The molecular formula is C13H14F2N2O3. The average Bonchev–Trinajstić information content (AvgIpc) is 2.64. The fourth-order valence-electron chi connectivity index (χ4n) is 1.98. The number of rotatable bonds is 6. The predicted octanol–water partition coefficient (Wildman–Crippen LogP) is 0.797. The third kappa shape index (κ3) is 2.68. The Morgan fingerprint density at radius 3 is 2.15 bits per heavy atom. The van der Waals surface area contributed by atoms with E-state index in [-0.39, 0.29) is 17.7 Å². The van der Waals surface area contributed by atoms with Gasteiger partial charge < -0.3 is 10.1 Å². The number of halogens is 2. The Morgan fingerprint density at radius 2 is 1.65 bits per heavy atom. The highest BCUT2D eigenvalue weighted by atomic mass is 19.2. The fourth-order valence-corrected chi connectivity index (χ4v) is 1.98. The van der Waals surface area contributed by atoms with E-state index in [1.54, 1.807) is 7.11 Å². The Morgan fingerprint density at radius 1 is 1.10 bits per heavy atom. The molecule has 1 aliphatic heterocycles. The van der Waals surface area contributed by atoms with E-state index in [0.29, 0.717) is 19.7 Å². The van der Waals surface area contributed by atoms with Crippen molar-refractivity contribution >= 4 is 11.8 Å². The maximum Gasteiger partial charge on any atom is 0.261 e. The summed E-state index contributed by atoms with van der Waals surface area (Å²) in [5.74, 6) is -3.47. The van der Waals surface area contributed by atoms with Crippen LogP contribution in [0, 0.1) is 11.6 Å². The lowest BCUT2D eigenvalue weighted by Crippen LogP contribution is -2.37. The van der Waals surface area contributed by atoms with Gasteiger partial charge in [0.25, 0.3) is 11.8 Å². The van der Waals surface area contributed by atoms with Gasteiger partial charge in [0.15, 0.2) is 11.6 Å².